The Bertz CT molecular complexity index is 594. The van der Waals surface area contributed by atoms with Gasteiger partial charge in [-0.3, -0.25) is 4.79 Å². The highest BCUT2D eigenvalue weighted by Gasteiger charge is 2.24. The zero-order valence-corrected chi connectivity index (χ0v) is 10.0. The van der Waals surface area contributed by atoms with Gasteiger partial charge in [0.15, 0.2) is 6.04 Å². The predicted octanol–water partition coefficient (Wildman–Crippen LogP) is 0.934. The summed E-state index contributed by atoms with van der Waals surface area (Å²) in [5.74, 6) is -1.83. The smallest absolute Gasteiger partial charge is 0.330 e. The van der Waals surface area contributed by atoms with Gasteiger partial charge in [0.25, 0.3) is 11.7 Å². The molecular weight excluding hydrogens is 250 g/mol. The van der Waals surface area contributed by atoms with Crippen LogP contribution in [0.4, 0.5) is 0 Å². The van der Waals surface area contributed by atoms with Gasteiger partial charge in [-0.1, -0.05) is 35.5 Å². The summed E-state index contributed by atoms with van der Waals surface area (Å²) in [6, 6.07) is 7.20. The molecule has 19 heavy (non-hydrogen) atoms. The molecule has 1 heterocycles. The van der Waals surface area contributed by atoms with E-state index in [0.717, 1.165) is 0 Å². The molecule has 7 nitrogen and oxygen atoms in total. The van der Waals surface area contributed by atoms with Gasteiger partial charge in [0.1, 0.15) is 0 Å². The summed E-state index contributed by atoms with van der Waals surface area (Å²) in [5, 5.41) is 14.9. The molecule has 1 atom stereocenters. The predicted molar refractivity (Wildman–Crippen MR) is 63.3 cm³/mol. The normalized spacial score (nSPS) is 11.8. The molecule has 0 fully saturated rings. The van der Waals surface area contributed by atoms with E-state index in [1.54, 1.807) is 30.3 Å². The Morgan fingerprint density at radius 3 is 2.53 bits per heavy atom. The number of hydrogen-bond donors (Lipinski definition) is 2. The molecule has 0 unspecified atom stereocenters. The summed E-state index contributed by atoms with van der Waals surface area (Å²) in [5.41, 5.74) is 0.462. The number of aliphatic carboxylic acids is 1. The van der Waals surface area contributed by atoms with Gasteiger partial charge >= 0.3 is 5.97 Å². The highest BCUT2D eigenvalue weighted by molar-refractivity contribution is 5.93. The lowest BCUT2D eigenvalue weighted by Gasteiger charge is -2.13. The van der Waals surface area contributed by atoms with Crippen molar-refractivity contribution in [3.05, 3.63) is 47.6 Å². The van der Waals surface area contributed by atoms with E-state index in [0.29, 0.717) is 5.56 Å². The highest BCUT2D eigenvalue weighted by atomic mass is 16.5. The number of carbonyl (C=O) groups is 2. The van der Waals surface area contributed by atoms with Gasteiger partial charge in [-0.25, -0.2) is 4.79 Å². The fourth-order valence-electron chi connectivity index (χ4n) is 1.52. The summed E-state index contributed by atoms with van der Waals surface area (Å²) in [6.07, 6.45) is 0. The number of carboxylic acids is 1. The molecule has 0 aliphatic carbocycles. The minimum absolute atomic E-state index is 0.195. The van der Waals surface area contributed by atoms with E-state index in [1.807, 2.05) is 0 Å². The van der Waals surface area contributed by atoms with E-state index in [1.165, 1.54) is 6.92 Å². The maximum absolute atomic E-state index is 11.8. The lowest BCUT2D eigenvalue weighted by molar-refractivity contribution is -0.139. The number of benzene rings is 1. The number of rotatable bonds is 4. The molecule has 1 aromatic heterocycles. The first kappa shape index (κ1) is 12.7. The van der Waals surface area contributed by atoms with E-state index in [4.69, 9.17) is 5.11 Å². The molecule has 0 aliphatic rings. The van der Waals surface area contributed by atoms with Gasteiger partial charge < -0.3 is 14.9 Å². The first-order valence-corrected chi connectivity index (χ1v) is 5.47. The summed E-state index contributed by atoms with van der Waals surface area (Å²) in [4.78, 5) is 26.7. The molecule has 0 saturated carbocycles. The first-order valence-electron chi connectivity index (χ1n) is 5.47. The second-order valence-corrected chi connectivity index (χ2v) is 3.79. The van der Waals surface area contributed by atoms with Crippen molar-refractivity contribution in [3.8, 4) is 0 Å². The number of aromatic nitrogens is 2. The largest absolute Gasteiger partial charge is 0.479 e. The summed E-state index contributed by atoms with van der Waals surface area (Å²) >= 11 is 0. The number of aryl methyl sites for hydroxylation is 1. The third-order valence-corrected chi connectivity index (χ3v) is 2.39. The van der Waals surface area contributed by atoms with Crippen LogP contribution in [-0.2, 0) is 4.79 Å². The third-order valence-electron chi connectivity index (χ3n) is 2.39. The van der Waals surface area contributed by atoms with Gasteiger partial charge in [0.05, 0.1) is 0 Å². The van der Waals surface area contributed by atoms with E-state index in [9.17, 15) is 9.59 Å². The Balaban J connectivity index is 2.18. The first-order chi connectivity index (χ1) is 9.08. The van der Waals surface area contributed by atoms with Gasteiger partial charge in [0, 0.05) is 6.92 Å². The molecule has 1 aromatic carbocycles. The quantitative estimate of drug-likeness (QED) is 0.848. The Morgan fingerprint density at radius 1 is 1.32 bits per heavy atom. The van der Waals surface area contributed by atoms with Crippen molar-refractivity contribution in [3.63, 3.8) is 0 Å². The number of nitrogens with one attached hydrogen (secondary N) is 1. The van der Waals surface area contributed by atoms with Crippen molar-refractivity contribution >= 4 is 11.9 Å². The Kier molecular flexibility index (Phi) is 3.56. The molecule has 98 valence electrons. The van der Waals surface area contributed by atoms with Gasteiger partial charge in [-0.05, 0) is 5.56 Å². The monoisotopic (exact) mass is 261 g/mol. The zero-order chi connectivity index (χ0) is 13.8. The van der Waals surface area contributed by atoms with E-state index < -0.39 is 17.9 Å². The van der Waals surface area contributed by atoms with Crippen LogP contribution in [-0.4, -0.2) is 27.1 Å². The van der Waals surface area contributed by atoms with E-state index >= 15 is 0 Å². The molecule has 0 saturated heterocycles. The molecule has 0 aliphatic heterocycles. The Labute approximate surface area is 108 Å². The highest BCUT2D eigenvalue weighted by Crippen LogP contribution is 2.13. The molecule has 0 spiro atoms. The van der Waals surface area contributed by atoms with Crippen LogP contribution in [0.2, 0.25) is 0 Å². The number of carboxylic acid groups (broad SMARTS) is 1. The molecule has 7 heteroatoms. The minimum atomic E-state index is -1.17. The molecule has 2 N–H and O–H groups in total. The number of amides is 1. The molecule has 1 amide bonds. The average molecular weight is 261 g/mol. The number of carbonyl (C=O) groups excluding carboxylic acids is 1. The van der Waals surface area contributed by atoms with Crippen molar-refractivity contribution in [1.29, 1.82) is 0 Å². The van der Waals surface area contributed by atoms with Crippen LogP contribution >= 0.6 is 0 Å². The standard InChI is InChI=1S/C12H11N3O4/c1-7-13-10(15-19-7)11(16)14-9(12(17)18)8-5-3-2-4-6-8/h2-6,9H,1H3,(H,14,16)(H,17,18)/t9-/m1/s1. The minimum Gasteiger partial charge on any atom is -0.479 e. The zero-order valence-electron chi connectivity index (χ0n) is 10.0. The number of nitrogens with zero attached hydrogens (tertiary/aromatic N) is 2. The van der Waals surface area contributed by atoms with Crippen molar-refractivity contribution in [1.82, 2.24) is 15.5 Å². The summed E-state index contributed by atoms with van der Waals surface area (Å²) in [7, 11) is 0. The topological polar surface area (TPSA) is 105 Å². The van der Waals surface area contributed by atoms with Crippen LogP contribution in [0.5, 0.6) is 0 Å². The van der Waals surface area contributed by atoms with Crippen LogP contribution in [0.25, 0.3) is 0 Å². The molecule has 2 aromatic rings. The lowest BCUT2D eigenvalue weighted by atomic mass is 10.1. The molecule has 2 rings (SSSR count). The lowest BCUT2D eigenvalue weighted by Crippen LogP contribution is -2.34. The van der Waals surface area contributed by atoms with Crippen LogP contribution in [0.1, 0.15) is 28.1 Å². The van der Waals surface area contributed by atoms with Crippen molar-refractivity contribution in [2.45, 2.75) is 13.0 Å². The van der Waals surface area contributed by atoms with Crippen molar-refractivity contribution < 1.29 is 19.2 Å². The summed E-state index contributed by atoms with van der Waals surface area (Å²) < 4.78 is 4.66. The van der Waals surface area contributed by atoms with Crippen LogP contribution in [0.3, 0.4) is 0 Å². The maximum atomic E-state index is 11.8. The average Bonchev–Trinajstić information content (AvgIpc) is 2.83. The summed E-state index contributed by atoms with van der Waals surface area (Å²) in [6.45, 7) is 1.54. The van der Waals surface area contributed by atoms with Gasteiger partial charge in [-0.2, -0.15) is 4.98 Å². The van der Waals surface area contributed by atoms with Gasteiger partial charge in [-0.15, -0.1) is 0 Å². The molecule has 0 radical (unpaired) electrons. The third kappa shape index (κ3) is 2.95. The molecular formula is C12H11N3O4. The van der Waals surface area contributed by atoms with Crippen LogP contribution in [0, 0.1) is 6.92 Å². The van der Waals surface area contributed by atoms with E-state index in [-0.39, 0.29) is 11.7 Å². The second kappa shape index (κ2) is 5.30. The number of hydrogen-bond acceptors (Lipinski definition) is 5. The fourth-order valence-corrected chi connectivity index (χ4v) is 1.52. The van der Waals surface area contributed by atoms with E-state index in [2.05, 4.69) is 20.0 Å². The maximum Gasteiger partial charge on any atom is 0.330 e. The van der Waals surface area contributed by atoms with Gasteiger partial charge in [0.2, 0.25) is 5.89 Å². The SMILES string of the molecule is Cc1nc(C(=O)N[C@@H](C(=O)O)c2ccccc2)no1. The Morgan fingerprint density at radius 2 is 2.00 bits per heavy atom. The fraction of sp³-hybridized carbons (Fsp3) is 0.167. The van der Waals surface area contributed by atoms with Crippen molar-refractivity contribution in [2.75, 3.05) is 0 Å². The van der Waals surface area contributed by atoms with Crippen molar-refractivity contribution in [2.24, 2.45) is 0 Å². The second-order valence-electron chi connectivity index (χ2n) is 3.79. The van der Waals surface area contributed by atoms with Crippen LogP contribution < -0.4 is 5.32 Å². The van der Waals surface area contributed by atoms with Crippen LogP contribution in [0.15, 0.2) is 34.9 Å². The Hall–Kier alpha value is -2.70. The molecule has 0 bridgehead atoms.